The Morgan fingerprint density at radius 3 is 2.89 bits per heavy atom. The number of thiophene rings is 1. The lowest BCUT2D eigenvalue weighted by Crippen LogP contribution is -2.43. The zero-order valence-corrected chi connectivity index (χ0v) is 11.4. The van der Waals surface area contributed by atoms with E-state index in [1.54, 1.807) is 18.3 Å². The summed E-state index contributed by atoms with van der Waals surface area (Å²) in [6, 6.07) is 3.67. The molecule has 5 nitrogen and oxygen atoms in total. The van der Waals surface area contributed by atoms with Gasteiger partial charge in [0, 0.05) is 17.3 Å². The molecule has 0 aliphatic heterocycles. The summed E-state index contributed by atoms with van der Waals surface area (Å²) in [5.41, 5.74) is 0. The Morgan fingerprint density at radius 2 is 2.28 bits per heavy atom. The lowest BCUT2D eigenvalue weighted by Gasteiger charge is -2.13. The minimum atomic E-state index is -0.432. The van der Waals surface area contributed by atoms with Crippen molar-refractivity contribution < 1.29 is 14.3 Å². The minimum Gasteiger partial charge on any atom is -0.465 e. The number of amides is 2. The van der Waals surface area contributed by atoms with Crippen LogP contribution in [0.5, 0.6) is 0 Å². The van der Waals surface area contributed by atoms with E-state index in [0.717, 1.165) is 6.42 Å². The molecule has 6 heteroatoms. The van der Waals surface area contributed by atoms with Crippen molar-refractivity contribution in [2.75, 3.05) is 13.2 Å². The number of esters is 1. The molecule has 1 aromatic rings. The van der Waals surface area contributed by atoms with Gasteiger partial charge in [-0.15, -0.1) is 11.3 Å². The smallest absolute Gasteiger partial charge is 0.325 e. The second kappa shape index (κ2) is 7.71. The molecule has 1 unspecified atom stereocenters. The Labute approximate surface area is 111 Å². The Bertz CT molecular complexity index is 379. The first-order valence-electron chi connectivity index (χ1n) is 5.84. The van der Waals surface area contributed by atoms with Gasteiger partial charge in [-0.3, -0.25) is 4.79 Å². The largest absolute Gasteiger partial charge is 0.465 e. The second-order valence-electron chi connectivity index (χ2n) is 3.82. The number of carbonyl (C=O) groups is 2. The fraction of sp³-hybridized carbons (Fsp3) is 0.500. The molecule has 0 aromatic carbocycles. The molecular formula is C12H18N2O3S. The van der Waals surface area contributed by atoms with Gasteiger partial charge < -0.3 is 15.4 Å². The van der Waals surface area contributed by atoms with Crippen molar-refractivity contribution in [1.29, 1.82) is 0 Å². The van der Waals surface area contributed by atoms with Crippen LogP contribution in [0.25, 0.3) is 0 Å². The first kappa shape index (κ1) is 14.5. The number of carbonyl (C=O) groups excluding carboxylic acids is 2. The van der Waals surface area contributed by atoms with Crippen LogP contribution in [0.4, 0.5) is 4.79 Å². The van der Waals surface area contributed by atoms with E-state index in [-0.39, 0.29) is 18.6 Å². The van der Waals surface area contributed by atoms with Gasteiger partial charge in [0.15, 0.2) is 0 Å². The van der Waals surface area contributed by atoms with Gasteiger partial charge in [0.05, 0.1) is 6.61 Å². The molecule has 0 spiro atoms. The normalized spacial score (nSPS) is 11.7. The van der Waals surface area contributed by atoms with Gasteiger partial charge >= 0.3 is 12.0 Å². The number of nitrogens with one attached hydrogen (secondary N) is 2. The molecule has 0 saturated carbocycles. The zero-order chi connectivity index (χ0) is 13.4. The maximum Gasteiger partial charge on any atom is 0.325 e. The highest BCUT2D eigenvalue weighted by Gasteiger charge is 2.10. The molecule has 0 fully saturated rings. The van der Waals surface area contributed by atoms with Crippen molar-refractivity contribution in [3.05, 3.63) is 22.4 Å². The molecule has 1 atom stereocenters. The van der Waals surface area contributed by atoms with Crippen LogP contribution < -0.4 is 10.6 Å². The highest BCUT2D eigenvalue weighted by atomic mass is 32.1. The predicted molar refractivity (Wildman–Crippen MR) is 70.7 cm³/mol. The molecule has 0 radical (unpaired) electrons. The van der Waals surface area contributed by atoms with Gasteiger partial charge in [0.2, 0.25) is 0 Å². The van der Waals surface area contributed by atoms with E-state index in [1.807, 2.05) is 24.4 Å². The molecular weight excluding hydrogens is 252 g/mol. The van der Waals surface area contributed by atoms with Gasteiger partial charge in [-0.1, -0.05) is 6.07 Å². The Balaban J connectivity index is 2.21. The van der Waals surface area contributed by atoms with E-state index < -0.39 is 5.97 Å². The van der Waals surface area contributed by atoms with Crippen LogP contribution in [0.2, 0.25) is 0 Å². The average Bonchev–Trinajstić information content (AvgIpc) is 2.79. The quantitative estimate of drug-likeness (QED) is 0.771. The van der Waals surface area contributed by atoms with Crippen LogP contribution in [0.3, 0.4) is 0 Å². The van der Waals surface area contributed by atoms with E-state index in [0.29, 0.717) is 6.61 Å². The molecule has 100 valence electrons. The van der Waals surface area contributed by atoms with Gasteiger partial charge in [0.25, 0.3) is 0 Å². The Kier molecular flexibility index (Phi) is 6.21. The molecule has 1 heterocycles. The van der Waals surface area contributed by atoms with E-state index >= 15 is 0 Å². The molecule has 0 bridgehead atoms. The van der Waals surface area contributed by atoms with Gasteiger partial charge in [-0.05, 0) is 25.3 Å². The predicted octanol–water partition coefficient (Wildman–Crippen LogP) is 1.54. The first-order chi connectivity index (χ1) is 8.61. The monoisotopic (exact) mass is 270 g/mol. The van der Waals surface area contributed by atoms with Crippen LogP contribution >= 0.6 is 11.3 Å². The van der Waals surface area contributed by atoms with Crippen molar-refractivity contribution in [2.24, 2.45) is 0 Å². The summed E-state index contributed by atoms with van der Waals surface area (Å²) in [5.74, 6) is -0.432. The zero-order valence-electron chi connectivity index (χ0n) is 10.6. The topological polar surface area (TPSA) is 67.4 Å². The van der Waals surface area contributed by atoms with Crippen molar-refractivity contribution in [1.82, 2.24) is 10.6 Å². The van der Waals surface area contributed by atoms with Gasteiger partial charge in [-0.2, -0.15) is 0 Å². The van der Waals surface area contributed by atoms with Crippen LogP contribution in [-0.4, -0.2) is 31.2 Å². The molecule has 0 aliphatic rings. The third-order valence-electron chi connectivity index (χ3n) is 2.16. The van der Waals surface area contributed by atoms with Crippen LogP contribution in [0.15, 0.2) is 17.5 Å². The molecule has 18 heavy (non-hydrogen) atoms. The Hall–Kier alpha value is -1.56. The number of ether oxygens (including phenoxy) is 1. The summed E-state index contributed by atoms with van der Waals surface area (Å²) in [5, 5.41) is 7.22. The summed E-state index contributed by atoms with van der Waals surface area (Å²) >= 11 is 1.66. The van der Waals surface area contributed by atoms with Crippen LogP contribution in [0, 0.1) is 0 Å². The fourth-order valence-electron chi connectivity index (χ4n) is 1.42. The molecule has 0 aliphatic carbocycles. The summed E-state index contributed by atoms with van der Waals surface area (Å²) in [7, 11) is 0. The minimum absolute atomic E-state index is 0.0193. The molecule has 2 amide bonds. The van der Waals surface area contributed by atoms with E-state index in [9.17, 15) is 9.59 Å². The third kappa shape index (κ3) is 5.67. The second-order valence-corrected chi connectivity index (χ2v) is 4.85. The van der Waals surface area contributed by atoms with Crippen molar-refractivity contribution in [2.45, 2.75) is 26.3 Å². The van der Waals surface area contributed by atoms with Crippen LogP contribution in [0.1, 0.15) is 18.7 Å². The average molecular weight is 270 g/mol. The van der Waals surface area contributed by atoms with Crippen molar-refractivity contribution >= 4 is 23.3 Å². The lowest BCUT2D eigenvalue weighted by molar-refractivity contribution is -0.141. The van der Waals surface area contributed by atoms with Gasteiger partial charge in [-0.25, -0.2) is 4.79 Å². The maximum atomic E-state index is 11.5. The van der Waals surface area contributed by atoms with E-state index in [1.165, 1.54) is 4.88 Å². The van der Waals surface area contributed by atoms with Crippen LogP contribution in [-0.2, 0) is 16.0 Å². The number of urea groups is 1. The molecule has 1 rings (SSSR count). The first-order valence-corrected chi connectivity index (χ1v) is 6.72. The summed E-state index contributed by atoms with van der Waals surface area (Å²) in [6.45, 7) is 3.85. The summed E-state index contributed by atoms with van der Waals surface area (Å²) in [4.78, 5) is 23.7. The molecule has 0 saturated heterocycles. The third-order valence-corrected chi connectivity index (χ3v) is 3.06. The van der Waals surface area contributed by atoms with Crippen molar-refractivity contribution in [3.8, 4) is 0 Å². The maximum absolute atomic E-state index is 11.5. The standard InChI is InChI=1S/C12H18N2O3S/c1-3-17-11(15)8-13-12(16)14-9(2)7-10-5-4-6-18-10/h4-6,9H,3,7-8H2,1-2H3,(H2,13,14,16). The SMILES string of the molecule is CCOC(=O)CNC(=O)NC(C)Cc1cccs1. The van der Waals surface area contributed by atoms with E-state index in [4.69, 9.17) is 4.74 Å². The molecule has 1 aromatic heterocycles. The number of rotatable bonds is 6. The number of hydrogen-bond acceptors (Lipinski definition) is 4. The van der Waals surface area contributed by atoms with E-state index in [2.05, 4.69) is 10.6 Å². The highest BCUT2D eigenvalue weighted by molar-refractivity contribution is 7.09. The Morgan fingerprint density at radius 1 is 1.50 bits per heavy atom. The summed E-state index contributed by atoms with van der Waals surface area (Å²) in [6.07, 6.45) is 0.782. The van der Waals surface area contributed by atoms with Crippen molar-refractivity contribution in [3.63, 3.8) is 0 Å². The van der Waals surface area contributed by atoms with Gasteiger partial charge in [0.1, 0.15) is 6.54 Å². The lowest BCUT2D eigenvalue weighted by atomic mass is 10.2. The molecule has 2 N–H and O–H groups in total. The highest BCUT2D eigenvalue weighted by Crippen LogP contribution is 2.10. The fourth-order valence-corrected chi connectivity index (χ4v) is 2.26. The number of hydrogen-bond donors (Lipinski definition) is 2. The summed E-state index contributed by atoms with van der Waals surface area (Å²) < 4.78 is 4.70.